The maximum Gasteiger partial charge on any atom is 0.490 e. The van der Waals surface area contributed by atoms with Gasteiger partial charge in [0.2, 0.25) is 0 Å². The van der Waals surface area contributed by atoms with E-state index in [4.69, 9.17) is 9.90 Å². The van der Waals surface area contributed by atoms with E-state index in [0.717, 1.165) is 32.3 Å². The van der Waals surface area contributed by atoms with Gasteiger partial charge in [0.15, 0.2) is 5.13 Å². The number of benzene rings is 2. The summed E-state index contributed by atoms with van der Waals surface area (Å²) in [5.74, 6) is -4.40. The molecule has 0 radical (unpaired) electrons. The number of nitrogens with one attached hydrogen (secondary N) is 2. The molecule has 0 spiro atoms. The summed E-state index contributed by atoms with van der Waals surface area (Å²) in [5, 5.41) is 23.0. The van der Waals surface area contributed by atoms with Gasteiger partial charge in [-0.3, -0.25) is 4.79 Å². The molecule has 2 heterocycles. The molecule has 0 aliphatic carbocycles. The van der Waals surface area contributed by atoms with Crippen LogP contribution in [0, 0.1) is 5.92 Å². The van der Waals surface area contributed by atoms with Crippen molar-refractivity contribution < 1.29 is 37.8 Å². The van der Waals surface area contributed by atoms with Gasteiger partial charge in [0.1, 0.15) is 16.4 Å². The zero-order valence-electron chi connectivity index (χ0n) is 20.6. The molecule has 1 atom stereocenters. The number of halogens is 3. The van der Waals surface area contributed by atoms with E-state index in [1.54, 1.807) is 32.2 Å². The molecule has 212 valence electrons. The van der Waals surface area contributed by atoms with Gasteiger partial charge in [0.05, 0.1) is 0 Å². The lowest BCUT2D eigenvalue weighted by Crippen LogP contribution is -2.44. The Morgan fingerprint density at radius 1 is 0.925 bits per heavy atom. The number of hydrogen-bond donors (Lipinski definition) is 4. The van der Waals surface area contributed by atoms with Crippen LogP contribution in [0.2, 0.25) is 0 Å². The van der Waals surface area contributed by atoms with Gasteiger partial charge in [-0.2, -0.15) is 13.2 Å². The minimum absolute atomic E-state index is 0. The average Bonchev–Trinajstić information content (AvgIpc) is 3.29. The number of thiazole rings is 1. The monoisotopic (exact) mass is 576 g/mol. The van der Waals surface area contributed by atoms with Crippen LogP contribution in [-0.4, -0.2) is 50.2 Å². The van der Waals surface area contributed by atoms with Gasteiger partial charge in [-0.1, -0.05) is 56.9 Å². The number of aliphatic carboxylic acids is 2. The van der Waals surface area contributed by atoms with Crippen molar-refractivity contribution in [1.29, 1.82) is 0 Å². The highest BCUT2D eigenvalue weighted by atomic mass is 32.1. The molecule has 4 N–H and O–H groups in total. The Kier molecular flexibility index (Phi) is 10.7. The summed E-state index contributed by atoms with van der Waals surface area (Å²) in [6.45, 7) is 3.52. The highest BCUT2D eigenvalue weighted by molar-refractivity contribution is 7.21. The minimum atomic E-state index is -5.08. The predicted molar refractivity (Wildman–Crippen MR) is 147 cm³/mol. The predicted octanol–water partition coefficient (Wildman–Crippen LogP) is 6.21. The molecule has 1 amide bonds. The minimum Gasteiger partial charge on any atom is -0.480 e. The molecular weight excluding hydrogens is 549 g/mol. The number of amides is 1. The summed E-state index contributed by atoms with van der Waals surface area (Å²) in [5.41, 5.74) is 4.15. The fourth-order valence-corrected chi connectivity index (χ4v) is 4.07. The highest BCUT2D eigenvalue weighted by Gasteiger charge is 2.38. The first-order valence-corrected chi connectivity index (χ1v) is 12.2. The number of fused-ring (bicyclic) bond motifs is 1. The molecule has 0 unspecified atom stereocenters. The largest absolute Gasteiger partial charge is 0.490 e. The Morgan fingerprint density at radius 3 is 1.95 bits per heavy atom. The molecule has 0 saturated carbocycles. The first-order chi connectivity index (χ1) is 18.3. The van der Waals surface area contributed by atoms with Crippen LogP contribution in [0.4, 0.5) is 24.0 Å². The molecule has 0 aliphatic rings. The van der Waals surface area contributed by atoms with Crippen LogP contribution in [-0.2, 0) is 9.59 Å². The van der Waals surface area contributed by atoms with Crippen molar-refractivity contribution >= 4 is 50.3 Å². The zero-order chi connectivity index (χ0) is 28.7. The molecular formula is C27H27F3N4O5S. The molecule has 0 fully saturated rings. The van der Waals surface area contributed by atoms with E-state index in [1.807, 2.05) is 48.5 Å². The van der Waals surface area contributed by atoms with Crippen LogP contribution in [0.3, 0.4) is 0 Å². The fraction of sp³-hybridized carbons (Fsp3) is 0.222. The van der Waals surface area contributed by atoms with Crippen LogP contribution in [0.25, 0.3) is 21.5 Å². The van der Waals surface area contributed by atoms with Crippen molar-refractivity contribution in [3.8, 4) is 11.1 Å². The molecule has 4 aromatic rings. The van der Waals surface area contributed by atoms with Crippen LogP contribution < -0.4 is 10.6 Å². The molecule has 2 aromatic carbocycles. The van der Waals surface area contributed by atoms with Crippen molar-refractivity contribution in [1.82, 2.24) is 15.3 Å². The van der Waals surface area contributed by atoms with Crippen molar-refractivity contribution in [2.75, 3.05) is 5.32 Å². The maximum absolute atomic E-state index is 12.4. The maximum atomic E-state index is 12.4. The number of alkyl halides is 3. The second kappa shape index (κ2) is 13.5. The highest BCUT2D eigenvalue weighted by Crippen LogP contribution is 2.28. The third-order valence-electron chi connectivity index (χ3n) is 5.24. The third-order valence-corrected chi connectivity index (χ3v) is 6.14. The van der Waals surface area contributed by atoms with Crippen LogP contribution >= 0.6 is 11.3 Å². The number of hydrogen-bond acceptors (Lipinski definition) is 7. The number of aromatic nitrogens is 2. The van der Waals surface area contributed by atoms with Crippen molar-refractivity contribution in [3.05, 3.63) is 72.4 Å². The number of carboxylic acid groups (broad SMARTS) is 2. The number of carbonyl (C=O) groups is 3. The topological polar surface area (TPSA) is 142 Å². The Hall–Kier alpha value is -4.52. The van der Waals surface area contributed by atoms with Gasteiger partial charge in [-0.15, -0.1) is 0 Å². The Balaban J connectivity index is 0.000000623. The molecule has 0 aliphatic heterocycles. The SMILES string of the molecule is C.CC(C)[C@H](NC(=O)c1ccc(-c2ccc(Nc3nc4cccnc4s3)cc2)cc1)C(=O)O.O=C(O)C(F)(F)F. The first kappa shape index (κ1) is 31.7. The first-order valence-electron chi connectivity index (χ1n) is 11.4. The van der Waals surface area contributed by atoms with Crippen molar-refractivity contribution in [3.63, 3.8) is 0 Å². The van der Waals surface area contributed by atoms with E-state index in [9.17, 15) is 27.9 Å². The molecule has 2 aromatic heterocycles. The standard InChI is InChI=1S/C24H22N4O3S.C2HF3O2.CH4/c1-14(2)20(23(30)31)28-21(29)17-7-5-15(6-8-17)16-9-11-18(12-10-16)26-24-27-19-4-3-13-25-22(19)32-24;3-2(4,5)1(6)7;/h3-14,20H,1-2H3,(H,26,27)(H,28,29)(H,30,31);(H,6,7);1H4/t20-;;/m0../s1. The lowest BCUT2D eigenvalue weighted by atomic mass is 10.0. The Labute approximate surface area is 231 Å². The molecule has 13 heteroatoms. The molecule has 4 rings (SSSR count). The second-order valence-corrected chi connectivity index (χ2v) is 9.44. The average molecular weight is 577 g/mol. The summed E-state index contributed by atoms with van der Waals surface area (Å²) >= 11 is 1.50. The quantitative estimate of drug-likeness (QED) is 0.203. The van der Waals surface area contributed by atoms with Crippen LogP contribution in [0.5, 0.6) is 0 Å². The number of pyridine rings is 1. The summed E-state index contributed by atoms with van der Waals surface area (Å²) in [7, 11) is 0. The van der Waals surface area contributed by atoms with Gasteiger partial charge in [-0.05, 0) is 53.4 Å². The zero-order valence-corrected chi connectivity index (χ0v) is 21.4. The second-order valence-electron chi connectivity index (χ2n) is 8.46. The van der Waals surface area contributed by atoms with Crippen LogP contribution in [0.1, 0.15) is 31.6 Å². The Morgan fingerprint density at radius 2 is 1.48 bits per heavy atom. The number of rotatable bonds is 7. The van der Waals surface area contributed by atoms with Crippen LogP contribution in [0.15, 0.2) is 66.9 Å². The summed E-state index contributed by atoms with van der Waals surface area (Å²) in [6.07, 6.45) is -3.33. The summed E-state index contributed by atoms with van der Waals surface area (Å²) < 4.78 is 31.7. The van der Waals surface area contributed by atoms with E-state index >= 15 is 0 Å². The van der Waals surface area contributed by atoms with E-state index in [0.29, 0.717) is 5.56 Å². The summed E-state index contributed by atoms with van der Waals surface area (Å²) in [6, 6.07) is 17.9. The molecule has 0 bridgehead atoms. The number of anilines is 2. The smallest absolute Gasteiger partial charge is 0.480 e. The fourth-order valence-electron chi connectivity index (χ4n) is 3.24. The number of carbonyl (C=O) groups excluding carboxylic acids is 1. The van der Waals surface area contributed by atoms with Gasteiger partial charge in [0, 0.05) is 17.4 Å². The molecule has 40 heavy (non-hydrogen) atoms. The number of carboxylic acids is 2. The lowest BCUT2D eigenvalue weighted by molar-refractivity contribution is -0.192. The van der Waals surface area contributed by atoms with Gasteiger partial charge < -0.3 is 20.8 Å². The summed E-state index contributed by atoms with van der Waals surface area (Å²) in [4.78, 5) is 42.3. The van der Waals surface area contributed by atoms with E-state index in [1.165, 1.54) is 11.3 Å². The van der Waals surface area contributed by atoms with E-state index in [-0.39, 0.29) is 13.3 Å². The molecule has 0 saturated heterocycles. The van der Waals surface area contributed by atoms with Gasteiger partial charge in [0.25, 0.3) is 5.91 Å². The Bertz CT molecular complexity index is 1420. The normalized spacial score (nSPS) is 11.6. The van der Waals surface area contributed by atoms with Crippen molar-refractivity contribution in [2.45, 2.75) is 33.5 Å². The van der Waals surface area contributed by atoms with Gasteiger partial charge in [-0.25, -0.2) is 19.6 Å². The third kappa shape index (κ3) is 8.50. The van der Waals surface area contributed by atoms with E-state index in [2.05, 4.69) is 20.6 Å². The molecule has 9 nitrogen and oxygen atoms in total. The number of nitrogens with zero attached hydrogens (tertiary/aromatic N) is 2. The van der Waals surface area contributed by atoms with E-state index < -0.39 is 30.1 Å². The lowest BCUT2D eigenvalue weighted by Gasteiger charge is -2.18. The van der Waals surface area contributed by atoms with Crippen molar-refractivity contribution in [2.24, 2.45) is 5.92 Å². The van der Waals surface area contributed by atoms with Gasteiger partial charge >= 0.3 is 18.1 Å².